The number of H-pyrrole nitrogens is 1. The van der Waals surface area contributed by atoms with Crippen molar-refractivity contribution >= 4 is 34.4 Å². The van der Waals surface area contributed by atoms with Crippen LogP contribution in [0.25, 0.3) is 16.7 Å². The third kappa shape index (κ3) is 4.22. The Morgan fingerprint density at radius 2 is 1.86 bits per heavy atom. The van der Waals surface area contributed by atoms with Gasteiger partial charge in [-0.25, -0.2) is 9.67 Å². The topological polar surface area (TPSA) is 92.7 Å². The molecule has 0 aliphatic carbocycles. The Labute approximate surface area is 171 Å². The Hall–Kier alpha value is -3.39. The first-order chi connectivity index (χ1) is 14.0. The van der Waals surface area contributed by atoms with Crippen molar-refractivity contribution < 1.29 is 4.79 Å². The summed E-state index contributed by atoms with van der Waals surface area (Å²) in [4.78, 5) is 31.9. The number of rotatable bonds is 5. The molecule has 8 heteroatoms. The second-order valence-electron chi connectivity index (χ2n) is 6.71. The van der Waals surface area contributed by atoms with Crippen molar-refractivity contribution in [2.24, 2.45) is 0 Å². The molecule has 0 saturated heterocycles. The summed E-state index contributed by atoms with van der Waals surface area (Å²) in [6.45, 7) is 3.97. The molecule has 1 amide bonds. The lowest BCUT2D eigenvalue weighted by Crippen LogP contribution is -2.16. The van der Waals surface area contributed by atoms with E-state index in [1.54, 1.807) is 4.68 Å². The number of carbonyl (C=O) groups is 1. The third-order valence-corrected chi connectivity index (χ3v) is 5.14. The standard InChI is InChI=1S/C21H19N5O2S/c1-13-8-14(2)10-15(9-13)23-18(27)12-29-21-24-19-17(20(28)25-21)11-22-26(19)16-6-4-3-5-7-16/h3-11H,12H2,1-2H3,(H,23,27)(H,24,25,28). The number of anilines is 1. The van der Waals surface area contributed by atoms with Gasteiger partial charge in [-0.1, -0.05) is 36.0 Å². The second kappa shape index (κ2) is 7.92. The Morgan fingerprint density at radius 1 is 1.14 bits per heavy atom. The van der Waals surface area contributed by atoms with Crippen LogP contribution >= 0.6 is 11.8 Å². The molecular weight excluding hydrogens is 386 g/mol. The molecule has 29 heavy (non-hydrogen) atoms. The van der Waals surface area contributed by atoms with Crippen LogP contribution in [0.4, 0.5) is 5.69 Å². The van der Waals surface area contributed by atoms with Gasteiger partial charge in [0.1, 0.15) is 5.39 Å². The zero-order chi connectivity index (χ0) is 20.4. The maximum absolute atomic E-state index is 12.4. The van der Waals surface area contributed by atoms with Gasteiger partial charge < -0.3 is 10.3 Å². The van der Waals surface area contributed by atoms with Gasteiger partial charge in [-0.3, -0.25) is 9.59 Å². The number of carbonyl (C=O) groups excluding carboxylic acids is 1. The number of para-hydroxylation sites is 1. The SMILES string of the molecule is Cc1cc(C)cc(NC(=O)CSc2nc3c(cnn3-c3ccccc3)c(=O)[nH]2)c1. The Kier molecular flexibility index (Phi) is 5.18. The smallest absolute Gasteiger partial charge is 0.262 e. The van der Waals surface area contributed by atoms with Crippen LogP contribution in [-0.4, -0.2) is 31.4 Å². The zero-order valence-corrected chi connectivity index (χ0v) is 16.8. The van der Waals surface area contributed by atoms with Gasteiger partial charge >= 0.3 is 0 Å². The van der Waals surface area contributed by atoms with Crippen molar-refractivity contribution in [2.45, 2.75) is 19.0 Å². The molecule has 0 atom stereocenters. The number of nitrogens with one attached hydrogen (secondary N) is 2. The van der Waals surface area contributed by atoms with E-state index in [1.165, 1.54) is 18.0 Å². The lowest BCUT2D eigenvalue weighted by molar-refractivity contribution is -0.113. The summed E-state index contributed by atoms with van der Waals surface area (Å²) in [6.07, 6.45) is 1.50. The molecule has 0 bridgehead atoms. The number of hydrogen-bond acceptors (Lipinski definition) is 5. The van der Waals surface area contributed by atoms with Crippen molar-refractivity contribution in [3.8, 4) is 5.69 Å². The van der Waals surface area contributed by atoms with E-state index in [9.17, 15) is 9.59 Å². The minimum Gasteiger partial charge on any atom is -0.325 e. The van der Waals surface area contributed by atoms with Crippen molar-refractivity contribution in [2.75, 3.05) is 11.1 Å². The Bertz CT molecular complexity index is 1230. The number of aromatic amines is 1. The third-order valence-electron chi connectivity index (χ3n) is 4.26. The van der Waals surface area contributed by atoms with Gasteiger partial charge in [-0.15, -0.1) is 0 Å². The largest absolute Gasteiger partial charge is 0.325 e. The highest BCUT2D eigenvalue weighted by Gasteiger charge is 2.13. The minimum atomic E-state index is -0.283. The summed E-state index contributed by atoms with van der Waals surface area (Å²) < 4.78 is 1.62. The van der Waals surface area contributed by atoms with Crippen LogP contribution < -0.4 is 10.9 Å². The molecule has 0 fully saturated rings. The quantitative estimate of drug-likeness (QED) is 0.392. The summed E-state index contributed by atoms with van der Waals surface area (Å²) in [7, 11) is 0. The monoisotopic (exact) mass is 405 g/mol. The fraction of sp³-hybridized carbons (Fsp3) is 0.143. The molecule has 0 radical (unpaired) electrons. The number of benzene rings is 2. The van der Waals surface area contributed by atoms with Gasteiger partial charge in [-0.2, -0.15) is 5.10 Å². The highest BCUT2D eigenvalue weighted by molar-refractivity contribution is 7.99. The summed E-state index contributed by atoms with van der Waals surface area (Å²) in [5.41, 5.74) is 3.90. The first-order valence-electron chi connectivity index (χ1n) is 9.04. The van der Waals surface area contributed by atoms with Crippen LogP contribution in [-0.2, 0) is 4.79 Å². The van der Waals surface area contributed by atoms with Crippen LogP contribution in [0.3, 0.4) is 0 Å². The normalized spacial score (nSPS) is 11.0. The molecule has 2 N–H and O–H groups in total. The van der Waals surface area contributed by atoms with Crippen molar-refractivity contribution in [1.82, 2.24) is 19.7 Å². The molecule has 0 saturated carbocycles. The predicted molar refractivity (Wildman–Crippen MR) is 115 cm³/mol. The van der Waals surface area contributed by atoms with Crippen molar-refractivity contribution in [1.29, 1.82) is 0 Å². The Balaban J connectivity index is 1.53. The average Bonchev–Trinajstić information content (AvgIpc) is 3.11. The summed E-state index contributed by atoms with van der Waals surface area (Å²) >= 11 is 1.17. The number of hydrogen-bond donors (Lipinski definition) is 2. The molecule has 2 aromatic heterocycles. The highest BCUT2D eigenvalue weighted by atomic mass is 32.2. The predicted octanol–water partition coefficient (Wildman–Crippen LogP) is 3.46. The van der Waals surface area contributed by atoms with E-state index >= 15 is 0 Å². The lowest BCUT2D eigenvalue weighted by atomic mass is 10.1. The van der Waals surface area contributed by atoms with Gasteiger partial charge in [-0.05, 0) is 49.2 Å². The minimum absolute atomic E-state index is 0.126. The summed E-state index contributed by atoms with van der Waals surface area (Å²) in [5.74, 6) is -0.0414. The van der Waals surface area contributed by atoms with Crippen LogP contribution in [0.1, 0.15) is 11.1 Å². The highest BCUT2D eigenvalue weighted by Crippen LogP contribution is 2.19. The number of nitrogens with zero attached hydrogens (tertiary/aromatic N) is 3. The molecule has 2 aromatic carbocycles. The van der Waals surface area contributed by atoms with Gasteiger partial charge in [0.05, 0.1) is 17.6 Å². The molecule has 146 valence electrons. The van der Waals surface area contributed by atoms with Crippen LogP contribution in [0.15, 0.2) is 64.7 Å². The lowest BCUT2D eigenvalue weighted by Gasteiger charge is -2.07. The maximum atomic E-state index is 12.4. The molecule has 0 aliphatic rings. The number of thioether (sulfide) groups is 1. The summed E-state index contributed by atoms with van der Waals surface area (Å²) in [5, 5.41) is 7.93. The molecule has 0 aliphatic heterocycles. The number of fused-ring (bicyclic) bond motifs is 1. The van der Waals surface area contributed by atoms with E-state index in [1.807, 2.05) is 62.4 Å². The number of aryl methyl sites for hydroxylation is 2. The van der Waals surface area contributed by atoms with Crippen LogP contribution in [0.5, 0.6) is 0 Å². The van der Waals surface area contributed by atoms with Crippen molar-refractivity contribution in [3.05, 3.63) is 76.2 Å². The molecule has 4 rings (SSSR count). The van der Waals surface area contributed by atoms with Crippen LogP contribution in [0, 0.1) is 13.8 Å². The van der Waals surface area contributed by atoms with Crippen molar-refractivity contribution in [3.63, 3.8) is 0 Å². The second-order valence-corrected chi connectivity index (χ2v) is 7.68. The molecule has 7 nitrogen and oxygen atoms in total. The average molecular weight is 405 g/mol. The number of aromatic nitrogens is 4. The van der Waals surface area contributed by atoms with Crippen LogP contribution in [0.2, 0.25) is 0 Å². The van der Waals surface area contributed by atoms with E-state index in [2.05, 4.69) is 20.4 Å². The van der Waals surface area contributed by atoms with Gasteiger partial charge in [0.25, 0.3) is 5.56 Å². The fourth-order valence-electron chi connectivity index (χ4n) is 3.10. The van der Waals surface area contributed by atoms with Gasteiger partial charge in [0.15, 0.2) is 10.8 Å². The van der Waals surface area contributed by atoms with E-state index in [0.717, 1.165) is 22.5 Å². The van der Waals surface area contributed by atoms with Gasteiger partial charge in [0.2, 0.25) is 5.91 Å². The first kappa shape index (κ1) is 18.9. The zero-order valence-electron chi connectivity index (χ0n) is 16.0. The van der Waals surface area contributed by atoms with E-state index < -0.39 is 0 Å². The summed E-state index contributed by atoms with van der Waals surface area (Å²) in [6, 6.07) is 15.3. The molecule has 0 spiro atoms. The van der Waals surface area contributed by atoms with E-state index in [4.69, 9.17) is 0 Å². The van der Waals surface area contributed by atoms with E-state index in [0.29, 0.717) is 16.2 Å². The first-order valence-corrected chi connectivity index (χ1v) is 10.0. The van der Waals surface area contributed by atoms with Gasteiger partial charge in [0, 0.05) is 5.69 Å². The molecule has 4 aromatic rings. The molecule has 2 heterocycles. The number of amides is 1. The Morgan fingerprint density at radius 3 is 2.59 bits per heavy atom. The molecule has 0 unspecified atom stereocenters. The van der Waals surface area contributed by atoms with E-state index in [-0.39, 0.29) is 17.2 Å². The fourth-order valence-corrected chi connectivity index (χ4v) is 3.76. The molecular formula is C21H19N5O2S. The maximum Gasteiger partial charge on any atom is 0.262 e.